The zero-order chi connectivity index (χ0) is 25.0. The van der Waals surface area contributed by atoms with Gasteiger partial charge < -0.3 is 19.4 Å². The molecular formula is C25H20F3N3O4. The fourth-order valence-corrected chi connectivity index (χ4v) is 3.41. The number of nitrogens with one attached hydrogen (secondary N) is 1. The van der Waals surface area contributed by atoms with Crippen LogP contribution in [0.1, 0.15) is 22.8 Å². The summed E-state index contributed by atoms with van der Waals surface area (Å²) in [5.41, 5.74) is 0.387. The third kappa shape index (κ3) is 5.60. The Morgan fingerprint density at radius 1 is 1.03 bits per heavy atom. The summed E-state index contributed by atoms with van der Waals surface area (Å²) in [4.78, 5) is 28.3. The fraction of sp³-hybridized carbons (Fsp3) is 0.160. The van der Waals surface area contributed by atoms with Crippen molar-refractivity contribution in [2.75, 3.05) is 11.9 Å². The summed E-state index contributed by atoms with van der Waals surface area (Å²) in [6, 6.07) is 14.3. The summed E-state index contributed by atoms with van der Waals surface area (Å²) in [5.74, 6) is -0.115. The molecule has 2 heterocycles. The maximum absolute atomic E-state index is 12.7. The van der Waals surface area contributed by atoms with E-state index in [1.807, 2.05) is 12.1 Å². The predicted molar refractivity (Wildman–Crippen MR) is 122 cm³/mol. The van der Waals surface area contributed by atoms with Crippen LogP contribution in [0, 0.1) is 0 Å². The number of halogens is 3. The summed E-state index contributed by atoms with van der Waals surface area (Å²) >= 11 is 0. The highest BCUT2D eigenvalue weighted by atomic mass is 19.4. The molecule has 0 fully saturated rings. The van der Waals surface area contributed by atoms with E-state index in [0.717, 1.165) is 35.2 Å². The van der Waals surface area contributed by atoms with E-state index in [9.17, 15) is 22.8 Å². The van der Waals surface area contributed by atoms with E-state index in [1.165, 1.54) is 6.20 Å². The van der Waals surface area contributed by atoms with E-state index in [1.54, 1.807) is 42.0 Å². The normalized spacial score (nSPS) is 11.3. The van der Waals surface area contributed by atoms with E-state index >= 15 is 0 Å². The topological polar surface area (TPSA) is 82.5 Å². The van der Waals surface area contributed by atoms with Gasteiger partial charge in [0.2, 0.25) is 5.88 Å². The minimum Gasteiger partial charge on any atom is -0.465 e. The van der Waals surface area contributed by atoms with Gasteiger partial charge in [-0.05, 0) is 55.5 Å². The van der Waals surface area contributed by atoms with Gasteiger partial charge in [0.15, 0.2) is 0 Å². The van der Waals surface area contributed by atoms with Crippen molar-refractivity contribution in [1.82, 2.24) is 9.55 Å². The molecule has 0 spiro atoms. The van der Waals surface area contributed by atoms with Crippen molar-refractivity contribution >= 4 is 28.5 Å². The molecule has 0 saturated carbocycles. The van der Waals surface area contributed by atoms with Gasteiger partial charge in [-0.15, -0.1) is 0 Å². The standard InChI is InChI=1S/C25H20F3N3O4/c1-2-34-23(32)15-31-13-12-19-20(31)4-3-5-21(19)35-22-11-10-18(14-29-22)30-24(33)16-6-8-17(9-7-16)25(26,27)28/h3-14H,2,15H2,1H3,(H,30,33). The number of carbonyl (C=O) groups excluding carboxylic acids is 2. The lowest BCUT2D eigenvalue weighted by Crippen LogP contribution is -2.13. The molecule has 0 unspecified atom stereocenters. The Hall–Kier alpha value is -4.34. The number of fused-ring (bicyclic) bond motifs is 1. The first kappa shape index (κ1) is 23.8. The van der Waals surface area contributed by atoms with Crippen LogP contribution in [0.2, 0.25) is 0 Å². The Balaban J connectivity index is 1.43. The van der Waals surface area contributed by atoms with Gasteiger partial charge in [0.05, 0.1) is 29.6 Å². The molecule has 0 bridgehead atoms. The second-order valence-corrected chi connectivity index (χ2v) is 7.45. The molecule has 35 heavy (non-hydrogen) atoms. The number of nitrogens with zero attached hydrogens (tertiary/aromatic N) is 2. The molecule has 0 radical (unpaired) electrons. The van der Waals surface area contributed by atoms with Crippen molar-refractivity contribution in [2.45, 2.75) is 19.6 Å². The third-order valence-electron chi connectivity index (χ3n) is 5.06. The van der Waals surface area contributed by atoms with Gasteiger partial charge in [-0.25, -0.2) is 4.98 Å². The van der Waals surface area contributed by atoms with Gasteiger partial charge in [-0.2, -0.15) is 13.2 Å². The van der Waals surface area contributed by atoms with Crippen LogP contribution in [0.4, 0.5) is 18.9 Å². The molecule has 0 atom stereocenters. The van der Waals surface area contributed by atoms with E-state index in [2.05, 4.69) is 10.3 Å². The molecule has 0 aliphatic heterocycles. The fourth-order valence-electron chi connectivity index (χ4n) is 3.41. The average Bonchev–Trinajstić information content (AvgIpc) is 3.23. The quantitative estimate of drug-likeness (QED) is 0.343. The van der Waals surface area contributed by atoms with Crippen LogP contribution in [0.3, 0.4) is 0 Å². The number of hydrogen-bond acceptors (Lipinski definition) is 5. The zero-order valence-corrected chi connectivity index (χ0v) is 18.5. The summed E-state index contributed by atoms with van der Waals surface area (Å²) in [5, 5.41) is 3.36. The van der Waals surface area contributed by atoms with Gasteiger partial charge in [-0.3, -0.25) is 9.59 Å². The molecule has 0 aliphatic carbocycles. The maximum Gasteiger partial charge on any atom is 0.416 e. The zero-order valence-electron chi connectivity index (χ0n) is 18.5. The first-order chi connectivity index (χ1) is 16.7. The van der Waals surface area contributed by atoms with Crippen LogP contribution < -0.4 is 10.1 Å². The number of carbonyl (C=O) groups is 2. The Morgan fingerprint density at radius 2 is 1.80 bits per heavy atom. The van der Waals surface area contributed by atoms with E-state index in [4.69, 9.17) is 9.47 Å². The number of anilines is 1. The Labute approximate surface area is 198 Å². The van der Waals surface area contributed by atoms with Crippen LogP contribution in [0.25, 0.3) is 10.9 Å². The molecular weight excluding hydrogens is 463 g/mol. The number of rotatable bonds is 7. The second kappa shape index (κ2) is 9.88. The van der Waals surface area contributed by atoms with Gasteiger partial charge >= 0.3 is 12.1 Å². The van der Waals surface area contributed by atoms with Crippen LogP contribution in [0.15, 0.2) is 73.1 Å². The number of alkyl halides is 3. The van der Waals surface area contributed by atoms with Crippen molar-refractivity contribution in [3.05, 3.63) is 84.2 Å². The molecule has 0 aliphatic rings. The Bertz CT molecular complexity index is 1350. The van der Waals surface area contributed by atoms with Crippen molar-refractivity contribution in [2.24, 2.45) is 0 Å². The molecule has 0 saturated heterocycles. The second-order valence-electron chi connectivity index (χ2n) is 7.45. The first-order valence-corrected chi connectivity index (χ1v) is 10.6. The van der Waals surface area contributed by atoms with Crippen LogP contribution in [-0.2, 0) is 22.3 Å². The number of benzene rings is 2. The summed E-state index contributed by atoms with van der Waals surface area (Å²) in [6.45, 7) is 2.13. The monoisotopic (exact) mass is 483 g/mol. The lowest BCUT2D eigenvalue weighted by atomic mass is 10.1. The molecule has 2 aromatic heterocycles. The van der Waals surface area contributed by atoms with Crippen LogP contribution in [0.5, 0.6) is 11.6 Å². The lowest BCUT2D eigenvalue weighted by Gasteiger charge is -2.10. The van der Waals surface area contributed by atoms with Crippen LogP contribution >= 0.6 is 0 Å². The summed E-state index contributed by atoms with van der Waals surface area (Å²) in [7, 11) is 0. The lowest BCUT2D eigenvalue weighted by molar-refractivity contribution is -0.143. The molecule has 1 N–H and O–H groups in total. The number of esters is 1. The molecule has 2 aromatic carbocycles. The maximum atomic E-state index is 12.7. The molecule has 4 aromatic rings. The minimum absolute atomic E-state index is 0.0758. The average molecular weight is 483 g/mol. The largest absolute Gasteiger partial charge is 0.465 e. The highest BCUT2D eigenvalue weighted by molar-refractivity contribution is 6.04. The van der Waals surface area contributed by atoms with Crippen LogP contribution in [-0.4, -0.2) is 28.0 Å². The number of pyridine rings is 1. The SMILES string of the molecule is CCOC(=O)Cn1ccc2c(Oc3ccc(NC(=O)c4ccc(C(F)(F)F)cc4)cn3)cccc21. The summed E-state index contributed by atoms with van der Waals surface area (Å²) in [6.07, 6.45) is -1.33. The number of aromatic nitrogens is 2. The van der Waals surface area contributed by atoms with Gasteiger partial charge in [0.1, 0.15) is 12.3 Å². The van der Waals surface area contributed by atoms with Crippen molar-refractivity contribution in [1.29, 1.82) is 0 Å². The summed E-state index contributed by atoms with van der Waals surface area (Å²) < 4.78 is 50.7. The van der Waals surface area contributed by atoms with E-state index < -0.39 is 17.6 Å². The smallest absolute Gasteiger partial charge is 0.416 e. The number of amides is 1. The molecule has 10 heteroatoms. The highest BCUT2D eigenvalue weighted by Gasteiger charge is 2.30. The molecule has 4 rings (SSSR count). The molecule has 180 valence electrons. The predicted octanol–water partition coefficient (Wildman–Crippen LogP) is 5.66. The first-order valence-electron chi connectivity index (χ1n) is 10.6. The highest BCUT2D eigenvalue weighted by Crippen LogP contribution is 2.31. The number of hydrogen-bond donors (Lipinski definition) is 1. The minimum atomic E-state index is -4.47. The van der Waals surface area contributed by atoms with E-state index in [0.29, 0.717) is 18.0 Å². The van der Waals surface area contributed by atoms with Crippen molar-refractivity contribution < 1.29 is 32.2 Å². The van der Waals surface area contributed by atoms with Crippen molar-refractivity contribution in [3.63, 3.8) is 0 Å². The Morgan fingerprint density at radius 3 is 2.46 bits per heavy atom. The van der Waals surface area contributed by atoms with Gasteiger partial charge in [-0.1, -0.05) is 6.07 Å². The Kier molecular flexibility index (Phi) is 6.72. The number of ether oxygens (including phenoxy) is 2. The molecule has 1 amide bonds. The molecule has 7 nitrogen and oxygen atoms in total. The van der Waals surface area contributed by atoms with Crippen molar-refractivity contribution in [3.8, 4) is 11.6 Å². The van der Waals surface area contributed by atoms with E-state index in [-0.39, 0.29) is 24.0 Å². The van der Waals surface area contributed by atoms with Gasteiger partial charge in [0, 0.05) is 23.2 Å². The van der Waals surface area contributed by atoms with Gasteiger partial charge in [0.25, 0.3) is 5.91 Å². The third-order valence-corrected chi connectivity index (χ3v) is 5.06.